The van der Waals surface area contributed by atoms with Gasteiger partial charge in [0.25, 0.3) is 0 Å². The van der Waals surface area contributed by atoms with Gasteiger partial charge in [-0.15, -0.1) is 0 Å². The summed E-state index contributed by atoms with van der Waals surface area (Å²) in [6.45, 7) is 3.27. The molecular weight excluding hydrogens is 242 g/mol. The van der Waals surface area contributed by atoms with Crippen molar-refractivity contribution in [3.63, 3.8) is 0 Å². The zero-order chi connectivity index (χ0) is 13.6. The average molecular weight is 265 g/mol. The normalized spacial score (nSPS) is 37.2. The Morgan fingerprint density at radius 2 is 1.95 bits per heavy atom. The lowest BCUT2D eigenvalue weighted by Crippen LogP contribution is -2.50. The lowest BCUT2D eigenvalue weighted by Gasteiger charge is -2.36. The number of carbonyl (C=O) groups excluding carboxylic acids is 2. The highest BCUT2D eigenvalue weighted by molar-refractivity contribution is 6.06. The second-order valence-corrected chi connectivity index (χ2v) is 6.31. The highest BCUT2D eigenvalue weighted by Gasteiger charge is 2.46. The molecule has 1 saturated carbocycles. The summed E-state index contributed by atoms with van der Waals surface area (Å²) in [6.07, 6.45) is 4.46. The summed E-state index contributed by atoms with van der Waals surface area (Å²) in [4.78, 5) is 28.0. The molecule has 3 rings (SSSR count). The van der Waals surface area contributed by atoms with E-state index in [0.717, 1.165) is 32.2 Å². The van der Waals surface area contributed by atoms with Gasteiger partial charge in [0.2, 0.25) is 11.8 Å². The monoisotopic (exact) mass is 265 g/mol. The molecule has 2 aliphatic heterocycles. The van der Waals surface area contributed by atoms with Crippen LogP contribution in [-0.2, 0) is 9.59 Å². The summed E-state index contributed by atoms with van der Waals surface area (Å²) in [5.41, 5.74) is 0. The van der Waals surface area contributed by atoms with Crippen LogP contribution in [0.3, 0.4) is 0 Å². The summed E-state index contributed by atoms with van der Waals surface area (Å²) < 4.78 is 0. The SMILES string of the molecule is CC1CC(NC2CC(=O)N(C3CC3)C2=O)CCN1C. The van der Waals surface area contributed by atoms with Gasteiger partial charge in [0.15, 0.2) is 0 Å². The van der Waals surface area contributed by atoms with Crippen LogP contribution >= 0.6 is 0 Å². The Morgan fingerprint density at radius 1 is 1.21 bits per heavy atom. The van der Waals surface area contributed by atoms with E-state index in [2.05, 4.69) is 24.2 Å². The van der Waals surface area contributed by atoms with E-state index in [4.69, 9.17) is 0 Å². The number of piperidine rings is 1. The maximum Gasteiger partial charge on any atom is 0.247 e. The molecule has 0 aromatic heterocycles. The van der Waals surface area contributed by atoms with Gasteiger partial charge in [0.1, 0.15) is 0 Å². The van der Waals surface area contributed by atoms with E-state index in [9.17, 15) is 9.59 Å². The molecule has 19 heavy (non-hydrogen) atoms. The summed E-state index contributed by atoms with van der Waals surface area (Å²) >= 11 is 0. The predicted molar refractivity (Wildman–Crippen MR) is 71.5 cm³/mol. The number of imide groups is 1. The van der Waals surface area contributed by atoms with E-state index < -0.39 is 0 Å². The third-order valence-corrected chi connectivity index (χ3v) is 4.74. The fourth-order valence-electron chi connectivity index (χ4n) is 3.22. The molecule has 5 nitrogen and oxygen atoms in total. The van der Waals surface area contributed by atoms with Gasteiger partial charge < -0.3 is 10.2 Å². The Labute approximate surface area is 114 Å². The molecule has 0 aromatic rings. The van der Waals surface area contributed by atoms with Crippen molar-refractivity contribution in [1.82, 2.24) is 15.1 Å². The van der Waals surface area contributed by atoms with Crippen LogP contribution < -0.4 is 5.32 Å². The highest BCUT2D eigenvalue weighted by Crippen LogP contribution is 2.31. The molecule has 0 radical (unpaired) electrons. The zero-order valence-electron chi connectivity index (χ0n) is 11.8. The molecule has 5 heteroatoms. The van der Waals surface area contributed by atoms with Gasteiger partial charge in [-0.2, -0.15) is 0 Å². The van der Waals surface area contributed by atoms with Crippen molar-refractivity contribution in [1.29, 1.82) is 0 Å². The van der Waals surface area contributed by atoms with Crippen molar-refractivity contribution >= 4 is 11.8 Å². The third-order valence-electron chi connectivity index (χ3n) is 4.74. The molecule has 1 aliphatic carbocycles. The van der Waals surface area contributed by atoms with Crippen molar-refractivity contribution in [2.24, 2.45) is 0 Å². The molecule has 3 fully saturated rings. The Hall–Kier alpha value is -0.940. The van der Waals surface area contributed by atoms with E-state index in [1.54, 1.807) is 0 Å². The molecule has 2 saturated heterocycles. The second kappa shape index (κ2) is 4.87. The minimum atomic E-state index is -0.270. The fourth-order valence-corrected chi connectivity index (χ4v) is 3.22. The molecule has 3 atom stereocenters. The number of hydrogen-bond donors (Lipinski definition) is 1. The number of likely N-dealkylation sites (tertiary alicyclic amines) is 2. The van der Waals surface area contributed by atoms with Gasteiger partial charge in [-0.3, -0.25) is 14.5 Å². The highest BCUT2D eigenvalue weighted by atomic mass is 16.2. The number of amides is 2. The quantitative estimate of drug-likeness (QED) is 0.748. The van der Waals surface area contributed by atoms with Crippen LogP contribution in [0.4, 0.5) is 0 Å². The van der Waals surface area contributed by atoms with Crippen LogP contribution in [0.1, 0.15) is 39.0 Å². The first kappa shape index (κ1) is 13.1. The second-order valence-electron chi connectivity index (χ2n) is 6.31. The van der Waals surface area contributed by atoms with Crippen molar-refractivity contribution in [3.8, 4) is 0 Å². The Balaban J connectivity index is 1.58. The van der Waals surface area contributed by atoms with Crippen molar-refractivity contribution in [2.75, 3.05) is 13.6 Å². The van der Waals surface area contributed by atoms with E-state index in [1.165, 1.54) is 4.90 Å². The molecule has 2 amide bonds. The van der Waals surface area contributed by atoms with Gasteiger partial charge >= 0.3 is 0 Å². The lowest BCUT2D eigenvalue weighted by atomic mass is 9.98. The third kappa shape index (κ3) is 2.54. The standard InChI is InChI=1S/C14H23N3O2/c1-9-7-10(5-6-16(9)2)15-12-8-13(18)17(14(12)19)11-3-4-11/h9-12,15H,3-8H2,1-2H3. The zero-order valence-corrected chi connectivity index (χ0v) is 11.8. The maximum absolute atomic E-state index is 12.2. The van der Waals surface area contributed by atoms with E-state index in [-0.39, 0.29) is 23.9 Å². The van der Waals surface area contributed by atoms with Crippen molar-refractivity contribution in [3.05, 3.63) is 0 Å². The summed E-state index contributed by atoms with van der Waals surface area (Å²) in [5.74, 6) is 0.0325. The van der Waals surface area contributed by atoms with Gasteiger partial charge in [-0.05, 0) is 46.2 Å². The van der Waals surface area contributed by atoms with Crippen LogP contribution in [0.2, 0.25) is 0 Å². The molecule has 3 aliphatic rings. The predicted octanol–water partition coefficient (Wildman–Crippen LogP) is 0.349. The van der Waals surface area contributed by atoms with Crippen LogP contribution in [0.25, 0.3) is 0 Å². The molecular formula is C14H23N3O2. The average Bonchev–Trinajstić information content (AvgIpc) is 3.13. The molecule has 1 N–H and O–H groups in total. The summed E-state index contributed by atoms with van der Waals surface area (Å²) in [6, 6.07) is 0.849. The maximum atomic E-state index is 12.2. The van der Waals surface area contributed by atoms with Crippen LogP contribution in [0, 0.1) is 0 Å². The molecule has 2 heterocycles. The van der Waals surface area contributed by atoms with Gasteiger partial charge in [0, 0.05) is 18.1 Å². The van der Waals surface area contributed by atoms with Gasteiger partial charge in [0.05, 0.1) is 12.5 Å². The minimum absolute atomic E-state index is 0.0130. The lowest BCUT2D eigenvalue weighted by molar-refractivity contribution is -0.139. The topological polar surface area (TPSA) is 52.7 Å². The van der Waals surface area contributed by atoms with Crippen molar-refractivity contribution < 1.29 is 9.59 Å². The number of hydrogen-bond acceptors (Lipinski definition) is 4. The molecule has 0 aromatic carbocycles. The number of nitrogens with zero attached hydrogens (tertiary/aromatic N) is 2. The number of rotatable bonds is 3. The van der Waals surface area contributed by atoms with E-state index in [0.29, 0.717) is 18.5 Å². The molecule has 0 spiro atoms. The van der Waals surface area contributed by atoms with Gasteiger partial charge in [-0.1, -0.05) is 0 Å². The van der Waals surface area contributed by atoms with E-state index in [1.807, 2.05) is 0 Å². The Kier molecular flexibility index (Phi) is 3.35. The number of nitrogens with one attached hydrogen (secondary N) is 1. The molecule has 0 bridgehead atoms. The first-order valence-corrected chi connectivity index (χ1v) is 7.38. The summed E-state index contributed by atoms with van der Waals surface area (Å²) in [7, 11) is 2.14. The molecule has 106 valence electrons. The Morgan fingerprint density at radius 3 is 2.58 bits per heavy atom. The fraction of sp³-hybridized carbons (Fsp3) is 0.857. The van der Waals surface area contributed by atoms with Gasteiger partial charge in [-0.25, -0.2) is 0 Å². The first-order chi connectivity index (χ1) is 9.06. The smallest absolute Gasteiger partial charge is 0.247 e. The van der Waals surface area contributed by atoms with Crippen LogP contribution in [0.5, 0.6) is 0 Å². The van der Waals surface area contributed by atoms with Crippen molar-refractivity contribution in [2.45, 2.75) is 63.2 Å². The van der Waals surface area contributed by atoms with Crippen LogP contribution in [-0.4, -0.2) is 59.4 Å². The first-order valence-electron chi connectivity index (χ1n) is 7.38. The Bertz CT molecular complexity index is 394. The van der Waals surface area contributed by atoms with E-state index >= 15 is 0 Å². The van der Waals surface area contributed by atoms with Crippen LogP contribution in [0.15, 0.2) is 0 Å². The minimum Gasteiger partial charge on any atom is -0.304 e. The largest absolute Gasteiger partial charge is 0.304 e. The summed E-state index contributed by atoms with van der Waals surface area (Å²) in [5, 5.41) is 3.42. The molecule has 3 unspecified atom stereocenters. The number of carbonyl (C=O) groups is 2.